The van der Waals surface area contributed by atoms with E-state index in [1.165, 1.54) is 16.8 Å². The Morgan fingerprint density at radius 3 is 2.71 bits per heavy atom. The van der Waals surface area contributed by atoms with Crippen molar-refractivity contribution in [2.24, 2.45) is 4.99 Å². The summed E-state index contributed by atoms with van der Waals surface area (Å²) in [6.45, 7) is 10.3. The molecule has 0 saturated carbocycles. The highest BCUT2D eigenvalue weighted by Gasteiger charge is 2.31. The lowest BCUT2D eigenvalue weighted by atomic mass is 9.81. The molecule has 1 aliphatic heterocycles. The molecule has 0 saturated heterocycles. The third kappa shape index (κ3) is 1.12. The van der Waals surface area contributed by atoms with Crippen LogP contribution in [0.15, 0.2) is 29.8 Å². The van der Waals surface area contributed by atoms with Gasteiger partial charge in [0.05, 0.1) is 5.69 Å². The number of fused-ring (bicyclic) bond motifs is 1. The van der Waals surface area contributed by atoms with Crippen LogP contribution in [0.4, 0.5) is 5.69 Å². The molecule has 2 rings (SSSR count). The fourth-order valence-electron chi connectivity index (χ4n) is 1.79. The highest BCUT2D eigenvalue weighted by molar-refractivity contribution is 5.99. The van der Waals surface area contributed by atoms with Gasteiger partial charge in [-0.1, -0.05) is 32.6 Å². The van der Waals surface area contributed by atoms with E-state index in [4.69, 9.17) is 0 Å². The number of nitrogens with zero attached hydrogens (tertiary/aromatic N) is 1. The minimum Gasteiger partial charge on any atom is -0.257 e. The van der Waals surface area contributed by atoms with Crippen molar-refractivity contribution in [3.63, 3.8) is 0 Å². The monoisotopic (exact) mass is 185 g/mol. The molecule has 1 aliphatic rings. The molecule has 0 N–H and O–H groups in total. The second kappa shape index (κ2) is 2.81. The van der Waals surface area contributed by atoms with Gasteiger partial charge in [-0.3, -0.25) is 4.99 Å². The first-order chi connectivity index (χ1) is 6.55. The molecule has 0 amide bonds. The van der Waals surface area contributed by atoms with Crippen molar-refractivity contribution >= 4 is 17.5 Å². The van der Waals surface area contributed by atoms with Gasteiger partial charge in [0.2, 0.25) is 0 Å². The summed E-state index contributed by atoms with van der Waals surface area (Å²) in [5, 5.41) is 0. The Balaban J connectivity index is 2.63. The van der Waals surface area contributed by atoms with Gasteiger partial charge in [0, 0.05) is 11.1 Å². The minimum absolute atomic E-state index is 0.0777. The molecule has 0 unspecified atom stereocenters. The van der Waals surface area contributed by atoms with Gasteiger partial charge in [-0.25, -0.2) is 0 Å². The summed E-state index contributed by atoms with van der Waals surface area (Å²) >= 11 is 0. The van der Waals surface area contributed by atoms with Gasteiger partial charge < -0.3 is 0 Å². The first kappa shape index (κ1) is 9.20. The van der Waals surface area contributed by atoms with Crippen molar-refractivity contribution in [3.05, 3.63) is 35.9 Å². The lowest BCUT2D eigenvalue weighted by molar-refractivity contribution is 0.733. The van der Waals surface area contributed by atoms with E-state index >= 15 is 0 Å². The fourth-order valence-corrected chi connectivity index (χ4v) is 1.79. The predicted molar refractivity (Wildman–Crippen MR) is 62.3 cm³/mol. The summed E-state index contributed by atoms with van der Waals surface area (Å²) in [5.74, 6) is 0. The van der Waals surface area contributed by atoms with E-state index in [2.05, 4.69) is 50.5 Å². The third-order valence-electron chi connectivity index (χ3n) is 3.12. The Hall–Kier alpha value is -1.37. The zero-order chi connectivity index (χ0) is 10.3. The molecule has 14 heavy (non-hydrogen) atoms. The molecule has 1 heterocycles. The number of hydrogen-bond donors (Lipinski definition) is 0. The largest absolute Gasteiger partial charge is 0.257 e. The van der Waals surface area contributed by atoms with Gasteiger partial charge in [-0.15, -0.1) is 0 Å². The zero-order valence-electron chi connectivity index (χ0n) is 8.96. The summed E-state index contributed by atoms with van der Waals surface area (Å²) in [6, 6.07) is 6.32. The van der Waals surface area contributed by atoms with Crippen LogP contribution in [-0.4, -0.2) is 5.71 Å². The SMILES string of the molecule is C=Cc1ccc2c(c1)C(C)(C)C(C)=N2. The Kier molecular flexibility index (Phi) is 1.84. The highest BCUT2D eigenvalue weighted by atomic mass is 14.8. The summed E-state index contributed by atoms with van der Waals surface area (Å²) in [5.41, 5.74) is 4.86. The lowest BCUT2D eigenvalue weighted by Gasteiger charge is -2.20. The predicted octanol–water partition coefficient (Wildman–Crippen LogP) is 3.71. The molecule has 1 aromatic carbocycles. The van der Waals surface area contributed by atoms with Crippen LogP contribution in [0.3, 0.4) is 0 Å². The van der Waals surface area contributed by atoms with Gasteiger partial charge in [0.1, 0.15) is 0 Å². The van der Waals surface area contributed by atoms with E-state index in [1.807, 2.05) is 6.08 Å². The molecule has 0 aliphatic carbocycles. The topological polar surface area (TPSA) is 12.4 Å². The fraction of sp³-hybridized carbons (Fsp3) is 0.308. The number of rotatable bonds is 1. The number of aliphatic imine (C=N–C) groups is 1. The van der Waals surface area contributed by atoms with Gasteiger partial charge in [-0.2, -0.15) is 0 Å². The van der Waals surface area contributed by atoms with E-state index < -0.39 is 0 Å². The van der Waals surface area contributed by atoms with Crippen molar-refractivity contribution in [2.45, 2.75) is 26.2 Å². The van der Waals surface area contributed by atoms with Gasteiger partial charge in [-0.05, 0) is 30.2 Å². The van der Waals surface area contributed by atoms with Crippen LogP contribution in [0, 0.1) is 0 Å². The Morgan fingerprint density at radius 2 is 2.07 bits per heavy atom. The minimum atomic E-state index is 0.0777. The molecular formula is C13H15N. The van der Waals surface area contributed by atoms with Crippen molar-refractivity contribution in [1.29, 1.82) is 0 Å². The second-order valence-corrected chi connectivity index (χ2v) is 4.30. The Morgan fingerprint density at radius 1 is 1.36 bits per heavy atom. The van der Waals surface area contributed by atoms with Crippen LogP contribution in [0.25, 0.3) is 6.08 Å². The Bertz CT molecular complexity index is 425. The molecule has 0 radical (unpaired) electrons. The molecule has 1 nitrogen and oxygen atoms in total. The van der Waals surface area contributed by atoms with Gasteiger partial charge in [0.15, 0.2) is 0 Å². The summed E-state index contributed by atoms with van der Waals surface area (Å²) in [4.78, 5) is 4.56. The van der Waals surface area contributed by atoms with Crippen molar-refractivity contribution in [3.8, 4) is 0 Å². The Labute approximate surface area is 85.2 Å². The van der Waals surface area contributed by atoms with Crippen molar-refractivity contribution < 1.29 is 0 Å². The molecular weight excluding hydrogens is 170 g/mol. The van der Waals surface area contributed by atoms with E-state index in [9.17, 15) is 0 Å². The smallest absolute Gasteiger partial charge is 0.0671 e. The molecule has 72 valence electrons. The molecule has 0 bridgehead atoms. The van der Waals surface area contributed by atoms with Gasteiger partial charge >= 0.3 is 0 Å². The van der Waals surface area contributed by atoms with Crippen LogP contribution in [0.5, 0.6) is 0 Å². The number of benzene rings is 1. The average molecular weight is 185 g/mol. The maximum Gasteiger partial charge on any atom is 0.0671 e. The molecule has 1 heteroatoms. The summed E-state index contributed by atoms with van der Waals surface area (Å²) in [6.07, 6.45) is 1.88. The molecule has 0 spiro atoms. The van der Waals surface area contributed by atoms with Crippen molar-refractivity contribution in [2.75, 3.05) is 0 Å². The van der Waals surface area contributed by atoms with E-state index in [1.54, 1.807) is 0 Å². The van der Waals surface area contributed by atoms with Gasteiger partial charge in [0.25, 0.3) is 0 Å². The van der Waals surface area contributed by atoms with E-state index in [0.717, 1.165) is 5.69 Å². The molecule has 0 aromatic heterocycles. The molecule has 1 aromatic rings. The van der Waals surface area contributed by atoms with Crippen LogP contribution < -0.4 is 0 Å². The highest BCUT2D eigenvalue weighted by Crippen LogP contribution is 2.40. The lowest BCUT2D eigenvalue weighted by Crippen LogP contribution is -2.22. The van der Waals surface area contributed by atoms with E-state index in [-0.39, 0.29) is 5.41 Å². The normalized spacial score (nSPS) is 17.5. The maximum atomic E-state index is 4.56. The molecule has 0 fully saturated rings. The van der Waals surface area contributed by atoms with Crippen LogP contribution in [-0.2, 0) is 5.41 Å². The first-order valence-electron chi connectivity index (χ1n) is 4.88. The zero-order valence-corrected chi connectivity index (χ0v) is 8.96. The third-order valence-corrected chi connectivity index (χ3v) is 3.12. The van der Waals surface area contributed by atoms with Crippen LogP contribution >= 0.6 is 0 Å². The van der Waals surface area contributed by atoms with Crippen LogP contribution in [0.1, 0.15) is 31.9 Å². The summed E-state index contributed by atoms with van der Waals surface area (Å²) < 4.78 is 0. The quantitative estimate of drug-likeness (QED) is 0.632. The second-order valence-electron chi connectivity index (χ2n) is 4.30. The standard InChI is InChI=1S/C13H15N/c1-5-10-6-7-12-11(8-10)13(3,4)9(2)14-12/h5-8H,1H2,2-4H3. The average Bonchev–Trinajstić information content (AvgIpc) is 2.38. The van der Waals surface area contributed by atoms with Crippen molar-refractivity contribution in [1.82, 2.24) is 0 Å². The summed E-state index contributed by atoms with van der Waals surface area (Å²) in [7, 11) is 0. The molecule has 0 atom stereocenters. The maximum absolute atomic E-state index is 4.56. The number of hydrogen-bond acceptors (Lipinski definition) is 1. The van der Waals surface area contributed by atoms with Crippen LogP contribution in [0.2, 0.25) is 0 Å². The van der Waals surface area contributed by atoms with E-state index in [0.29, 0.717) is 0 Å². The first-order valence-corrected chi connectivity index (χ1v) is 4.88.